The van der Waals surface area contributed by atoms with Crippen molar-refractivity contribution in [2.24, 2.45) is 0 Å². The van der Waals surface area contributed by atoms with Gasteiger partial charge < -0.3 is 18.9 Å². The number of carbonyl (C=O) groups is 2. The van der Waals surface area contributed by atoms with Crippen molar-refractivity contribution in [1.29, 1.82) is 0 Å². The maximum Gasteiger partial charge on any atom is 0.472 e. The molecule has 0 aromatic carbocycles. The van der Waals surface area contributed by atoms with Crippen molar-refractivity contribution < 1.29 is 42.1 Å². The average molecular weight is 911 g/mol. The minimum atomic E-state index is -4.40. The van der Waals surface area contributed by atoms with E-state index in [9.17, 15) is 19.0 Å². The number of likely N-dealkylation sites (N-methyl/N-ethyl adjacent to an activating group) is 1. The first-order valence-corrected chi connectivity index (χ1v) is 25.8. The Kier molecular flexibility index (Phi) is 42.1. The van der Waals surface area contributed by atoms with E-state index in [0.29, 0.717) is 30.3 Å². The summed E-state index contributed by atoms with van der Waals surface area (Å²) in [6.45, 7) is 4.16. The average Bonchev–Trinajstić information content (AvgIpc) is 3.25. The summed E-state index contributed by atoms with van der Waals surface area (Å²) in [5.41, 5.74) is 0. The third kappa shape index (κ3) is 47.9. The lowest BCUT2D eigenvalue weighted by atomic mass is 10.1. The Hall–Kier alpha value is -3.59. The number of hydrogen-bond acceptors (Lipinski definition) is 7. The Morgan fingerprint density at radius 1 is 0.500 bits per heavy atom. The molecule has 0 aliphatic heterocycles. The van der Waals surface area contributed by atoms with E-state index >= 15 is 0 Å². The summed E-state index contributed by atoms with van der Waals surface area (Å²) in [6.07, 6.45) is 62.7. The smallest absolute Gasteiger partial charge is 0.462 e. The minimum Gasteiger partial charge on any atom is -0.462 e. The van der Waals surface area contributed by atoms with Gasteiger partial charge in [0, 0.05) is 12.8 Å². The van der Waals surface area contributed by atoms with E-state index in [1.54, 1.807) is 0 Å². The summed E-state index contributed by atoms with van der Waals surface area (Å²) in [7, 11) is 1.41. The molecular weight excluding hydrogens is 822 g/mol. The Morgan fingerprint density at radius 2 is 0.906 bits per heavy atom. The third-order valence-electron chi connectivity index (χ3n) is 9.48. The molecule has 2 unspecified atom stereocenters. The topological polar surface area (TPSA) is 108 Å². The molecule has 0 aromatic heterocycles. The van der Waals surface area contributed by atoms with Crippen molar-refractivity contribution in [3.8, 4) is 0 Å². The highest BCUT2D eigenvalue weighted by atomic mass is 31.2. The van der Waals surface area contributed by atoms with Gasteiger partial charge in [-0.05, 0) is 96.3 Å². The first kappa shape index (κ1) is 60.4. The van der Waals surface area contributed by atoms with Crippen LogP contribution in [0.2, 0.25) is 0 Å². The van der Waals surface area contributed by atoms with Gasteiger partial charge in [0.2, 0.25) is 0 Å². The molecule has 0 spiro atoms. The lowest BCUT2D eigenvalue weighted by Crippen LogP contribution is -2.37. The summed E-state index contributed by atoms with van der Waals surface area (Å²) in [6, 6.07) is 0. The summed E-state index contributed by atoms with van der Waals surface area (Å²) < 4.78 is 34.2. The van der Waals surface area contributed by atoms with Crippen molar-refractivity contribution in [3.05, 3.63) is 122 Å². The van der Waals surface area contributed by atoms with E-state index in [2.05, 4.69) is 129 Å². The van der Waals surface area contributed by atoms with Gasteiger partial charge in [0.25, 0.3) is 0 Å². The van der Waals surface area contributed by atoms with Crippen LogP contribution >= 0.6 is 7.82 Å². The number of phosphoric acid groups is 1. The normalized spacial score (nSPS) is 14.5. The Bertz CT molecular complexity index is 1490. The van der Waals surface area contributed by atoms with Crippen molar-refractivity contribution in [1.82, 2.24) is 0 Å². The molecule has 0 aliphatic carbocycles. The monoisotopic (exact) mass is 911 g/mol. The summed E-state index contributed by atoms with van der Waals surface area (Å²) in [5.74, 6) is -0.893. The van der Waals surface area contributed by atoms with Crippen molar-refractivity contribution in [2.75, 3.05) is 47.5 Å². The van der Waals surface area contributed by atoms with Gasteiger partial charge in [-0.25, -0.2) is 4.57 Å². The summed E-state index contributed by atoms with van der Waals surface area (Å²) >= 11 is 0. The number of nitrogens with zero attached hydrogens (tertiary/aromatic N) is 1. The maximum atomic E-state index is 12.7. The molecule has 362 valence electrons. The van der Waals surface area contributed by atoms with Gasteiger partial charge in [-0.3, -0.25) is 18.6 Å². The molecule has 0 amide bonds. The second kappa shape index (κ2) is 44.6. The van der Waals surface area contributed by atoms with Gasteiger partial charge >= 0.3 is 19.8 Å². The number of quaternary nitrogens is 1. The maximum absolute atomic E-state index is 12.7. The predicted octanol–water partition coefficient (Wildman–Crippen LogP) is 14.5. The zero-order valence-electron chi connectivity index (χ0n) is 40.7. The number of esters is 2. The predicted molar refractivity (Wildman–Crippen MR) is 270 cm³/mol. The van der Waals surface area contributed by atoms with E-state index in [-0.39, 0.29) is 26.1 Å². The van der Waals surface area contributed by atoms with Gasteiger partial charge in [-0.2, -0.15) is 0 Å². The fourth-order valence-corrected chi connectivity index (χ4v) is 6.44. The van der Waals surface area contributed by atoms with Crippen LogP contribution in [0.3, 0.4) is 0 Å². The van der Waals surface area contributed by atoms with Crippen molar-refractivity contribution >= 4 is 19.8 Å². The molecular formula is C54H89NO8P+. The lowest BCUT2D eigenvalue weighted by Gasteiger charge is -2.24. The fraction of sp³-hybridized carbons (Fsp3) is 0.593. The van der Waals surface area contributed by atoms with E-state index in [0.717, 1.165) is 96.3 Å². The second-order valence-electron chi connectivity index (χ2n) is 16.8. The first-order valence-electron chi connectivity index (χ1n) is 24.3. The van der Waals surface area contributed by atoms with Gasteiger partial charge in [0.1, 0.15) is 19.8 Å². The van der Waals surface area contributed by atoms with Gasteiger partial charge in [-0.1, -0.05) is 167 Å². The van der Waals surface area contributed by atoms with E-state index < -0.39 is 32.5 Å². The highest BCUT2D eigenvalue weighted by Gasteiger charge is 2.27. The Balaban J connectivity index is 4.38. The molecule has 0 radical (unpaired) electrons. The van der Waals surface area contributed by atoms with Crippen LogP contribution in [0.15, 0.2) is 122 Å². The Morgan fingerprint density at radius 3 is 1.39 bits per heavy atom. The van der Waals surface area contributed by atoms with Crippen LogP contribution < -0.4 is 0 Å². The molecule has 0 fully saturated rings. The standard InChI is InChI=1S/C54H88NO8P/c1-6-8-10-12-14-16-18-19-20-21-22-23-24-25-26-27-28-29-30-31-32-33-34-35-37-39-41-43-45-47-54(57)63-52(51-62-64(58,59)61-49-48-55(3,4)5)50-60-53(56)46-44-42-40-38-36-17-15-13-11-9-7-2/h8,10,13-16,19-20,22-23,25-26,28-29,31-32,34-35,39,41,52H,6-7,9,11-12,17-18,21,24,27,30,33,36-38,40,42-51H2,1-5H3/p+1/b10-8-,15-13-,16-14-,20-19-,23-22-,26-25-,29-28-,32-31-,35-34-,41-39-. The van der Waals surface area contributed by atoms with Gasteiger partial charge in [-0.15, -0.1) is 0 Å². The molecule has 2 atom stereocenters. The summed E-state index contributed by atoms with van der Waals surface area (Å²) in [5, 5.41) is 0. The van der Waals surface area contributed by atoms with Gasteiger partial charge in [0.05, 0.1) is 27.7 Å². The number of hydrogen-bond donors (Lipinski definition) is 1. The Labute approximate surface area is 390 Å². The highest BCUT2D eigenvalue weighted by Crippen LogP contribution is 2.43. The molecule has 10 heteroatoms. The fourth-order valence-electron chi connectivity index (χ4n) is 5.70. The lowest BCUT2D eigenvalue weighted by molar-refractivity contribution is -0.870. The van der Waals surface area contributed by atoms with Crippen LogP contribution in [0, 0.1) is 0 Å². The van der Waals surface area contributed by atoms with Crippen LogP contribution in [-0.4, -0.2) is 74.9 Å². The quantitative estimate of drug-likeness (QED) is 0.0212. The minimum absolute atomic E-state index is 0.0124. The van der Waals surface area contributed by atoms with Crippen molar-refractivity contribution in [3.63, 3.8) is 0 Å². The van der Waals surface area contributed by atoms with Crippen LogP contribution in [-0.2, 0) is 32.7 Å². The van der Waals surface area contributed by atoms with E-state index in [1.165, 1.54) is 12.8 Å². The zero-order chi connectivity index (χ0) is 47.1. The second-order valence-corrected chi connectivity index (χ2v) is 18.2. The molecule has 0 aliphatic rings. The first-order chi connectivity index (χ1) is 31.0. The molecule has 1 N–H and O–H groups in total. The molecule has 0 saturated heterocycles. The third-order valence-corrected chi connectivity index (χ3v) is 10.5. The van der Waals surface area contributed by atoms with Gasteiger partial charge in [0.15, 0.2) is 6.10 Å². The number of phosphoric ester groups is 1. The van der Waals surface area contributed by atoms with Crippen LogP contribution in [0.1, 0.15) is 155 Å². The molecule has 0 bridgehead atoms. The van der Waals surface area contributed by atoms with Crippen LogP contribution in [0.5, 0.6) is 0 Å². The highest BCUT2D eigenvalue weighted by molar-refractivity contribution is 7.47. The van der Waals surface area contributed by atoms with E-state index in [4.69, 9.17) is 18.5 Å². The SMILES string of the molecule is CC/C=C\C/C=C\C/C=C\C/C=C\C/C=C\C/C=C\C/C=C\C/C=C\C/C=C\CCCC(=O)OC(COC(=O)CCCCCCC/C=C\CCCC)COP(=O)(O)OCC[N+](C)(C)C. The van der Waals surface area contributed by atoms with E-state index in [1.807, 2.05) is 27.2 Å². The van der Waals surface area contributed by atoms with Crippen molar-refractivity contribution in [2.45, 2.75) is 161 Å². The number of rotatable bonds is 42. The zero-order valence-corrected chi connectivity index (χ0v) is 41.6. The molecule has 64 heavy (non-hydrogen) atoms. The number of ether oxygens (including phenoxy) is 2. The van der Waals surface area contributed by atoms with Crippen LogP contribution in [0.4, 0.5) is 0 Å². The molecule has 0 saturated carbocycles. The molecule has 9 nitrogen and oxygen atoms in total. The summed E-state index contributed by atoms with van der Waals surface area (Å²) in [4.78, 5) is 35.4. The molecule has 0 aromatic rings. The number of unbranched alkanes of at least 4 members (excludes halogenated alkanes) is 8. The molecule has 0 rings (SSSR count). The van der Waals surface area contributed by atoms with Crippen LogP contribution in [0.25, 0.3) is 0 Å². The number of allylic oxidation sites excluding steroid dienone is 20. The number of carbonyl (C=O) groups excluding carboxylic acids is 2. The largest absolute Gasteiger partial charge is 0.472 e. The molecule has 0 heterocycles.